The molecule has 132 valence electrons. The van der Waals surface area contributed by atoms with Crippen LogP contribution in [-0.2, 0) is 11.2 Å². The molecule has 0 unspecified atom stereocenters. The van der Waals surface area contributed by atoms with E-state index in [1.165, 1.54) is 0 Å². The molecule has 0 aliphatic heterocycles. The van der Waals surface area contributed by atoms with E-state index in [-0.39, 0.29) is 11.8 Å². The van der Waals surface area contributed by atoms with Crippen molar-refractivity contribution in [2.24, 2.45) is 0 Å². The molecular formula is C21H19ClN2O2. The van der Waals surface area contributed by atoms with Gasteiger partial charge in [-0.15, -0.1) is 0 Å². The van der Waals surface area contributed by atoms with Gasteiger partial charge in [-0.2, -0.15) is 0 Å². The Morgan fingerprint density at radius 1 is 0.808 bits per heavy atom. The molecule has 2 amide bonds. The third kappa shape index (κ3) is 4.61. The summed E-state index contributed by atoms with van der Waals surface area (Å²) < 4.78 is 0. The predicted octanol–water partition coefficient (Wildman–Crippen LogP) is 3.58. The average molecular weight is 367 g/mol. The number of carbonyl (C=O) groups is 2. The van der Waals surface area contributed by atoms with E-state index in [9.17, 15) is 9.59 Å². The number of amides is 2. The monoisotopic (exact) mass is 366 g/mol. The maximum absolute atomic E-state index is 12.2. The largest absolute Gasteiger partial charge is 0.354 e. The lowest BCUT2D eigenvalue weighted by atomic mass is 10.0. The van der Waals surface area contributed by atoms with Crippen LogP contribution in [0.15, 0.2) is 66.7 Å². The van der Waals surface area contributed by atoms with E-state index in [0.717, 1.165) is 16.3 Å². The summed E-state index contributed by atoms with van der Waals surface area (Å²) in [5.74, 6) is -0.257. The van der Waals surface area contributed by atoms with E-state index in [1.54, 1.807) is 24.3 Å². The number of carbonyl (C=O) groups excluding carboxylic acids is 2. The molecule has 0 bridgehead atoms. The van der Waals surface area contributed by atoms with Crippen molar-refractivity contribution in [3.05, 3.63) is 82.9 Å². The highest BCUT2D eigenvalue weighted by molar-refractivity contribution is 6.30. The number of nitrogens with one attached hydrogen (secondary N) is 2. The van der Waals surface area contributed by atoms with Crippen LogP contribution in [0.1, 0.15) is 15.9 Å². The fourth-order valence-electron chi connectivity index (χ4n) is 2.76. The number of hydrogen-bond donors (Lipinski definition) is 2. The van der Waals surface area contributed by atoms with Crippen molar-refractivity contribution < 1.29 is 9.59 Å². The first-order chi connectivity index (χ1) is 12.6. The summed E-state index contributed by atoms with van der Waals surface area (Å²) in [6.45, 7) is 0.742. The smallest absolute Gasteiger partial charge is 0.251 e. The van der Waals surface area contributed by atoms with Crippen molar-refractivity contribution >= 4 is 34.2 Å². The summed E-state index contributed by atoms with van der Waals surface area (Å²) in [4.78, 5) is 24.1. The number of hydrogen-bond acceptors (Lipinski definition) is 2. The van der Waals surface area contributed by atoms with E-state index in [1.807, 2.05) is 42.5 Å². The molecule has 4 nitrogen and oxygen atoms in total. The first kappa shape index (κ1) is 18.0. The normalized spacial score (nSPS) is 10.5. The summed E-state index contributed by atoms with van der Waals surface area (Å²) in [7, 11) is 0. The quantitative estimate of drug-likeness (QED) is 0.655. The molecule has 0 saturated carbocycles. The van der Waals surface area contributed by atoms with Gasteiger partial charge in [0.25, 0.3) is 5.91 Å². The maximum Gasteiger partial charge on any atom is 0.251 e. The van der Waals surface area contributed by atoms with Crippen LogP contribution in [-0.4, -0.2) is 24.9 Å². The topological polar surface area (TPSA) is 58.2 Å². The third-order valence-electron chi connectivity index (χ3n) is 4.07. The molecular weight excluding hydrogens is 348 g/mol. The highest BCUT2D eigenvalue weighted by Crippen LogP contribution is 2.18. The highest BCUT2D eigenvalue weighted by atomic mass is 35.5. The van der Waals surface area contributed by atoms with Crippen LogP contribution in [0, 0.1) is 0 Å². The predicted molar refractivity (Wildman–Crippen MR) is 104 cm³/mol. The molecule has 0 heterocycles. The van der Waals surface area contributed by atoms with Crippen molar-refractivity contribution in [2.75, 3.05) is 13.1 Å². The van der Waals surface area contributed by atoms with Crippen molar-refractivity contribution in [3.8, 4) is 0 Å². The van der Waals surface area contributed by atoms with Crippen molar-refractivity contribution in [2.45, 2.75) is 6.42 Å². The molecule has 0 radical (unpaired) electrons. The molecule has 3 aromatic rings. The Labute approximate surface area is 157 Å². The Hall–Kier alpha value is -2.85. The van der Waals surface area contributed by atoms with Gasteiger partial charge in [0, 0.05) is 23.7 Å². The van der Waals surface area contributed by atoms with Crippen LogP contribution in [0.3, 0.4) is 0 Å². The van der Waals surface area contributed by atoms with E-state index in [4.69, 9.17) is 11.6 Å². The van der Waals surface area contributed by atoms with Crippen molar-refractivity contribution in [1.29, 1.82) is 0 Å². The first-order valence-corrected chi connectivity index (χ1v) is 8.78. The minimum Gasteiger partial charge on any atom is -0.354 e. The fourth-order valence-corrected chi connectivity index (χ4v) is 2.89. The maximum atomic E-state index is 12.2. The lowest BCUT2D eigenvalue weighted by molar-refractivity contribution is -0.120. The fraction of sp³-hybridized carbons (Fsp3) is 0.143. The molecule has 5 heteroatoms. The Morgan fingerprint density at radius 2 is 1.50 bits per heavy atom. The number of fused-ring (bicyclic) bond motifs is 1. The van der Waals surface area contributed by atoms with Gasteiger partial charge in [0.15, 0.2) is 0 Å². The van der Waals surface area contributed by atoms with Crippen LogP contribution >= 0.6 is 11.6 Å². The molecule has 2 N–H and O–H groups in total. The molecule has 3 rings (SSSR count). The van der Waals surface area contributed by atoms with Gasteiger partial charge in [-0.25, -0.2) is 0 Å². The van der Waals surface area contributed by atoms with Gasteiger partial charge >= 0.3 is 0 Å². The summed E-state index contributed by atoms with van der Waals surface area (Å²) in [5, 5.41) is 8.40. The molecule has 0 spiro atoms. The molecule has 26 heavy (non-hydrogen) atoms. The van der Waals surface area contributed by atoms with Crippen LogP contribution in [0.2, 0.25) is 5.02 Å². The average Bonchev–Trinajstić information content (AvgIpc) is 2.66. The van der Waals surface area contributed by atoms with Gasteiger partial charge in [0.1, 0.15) is 0 Å². The Bertz CT molecular complexity index is 917. The van der Waals surface area contributed by atoms with Gasteiger partial charge in [-0.1, -0.05) is 54.1 Å². The molecule has 0 aliphatic carbocycles. The van der Waals surface area contributed by atoms with Crippen molar-refractivity contribution in [3.63, 3.8) is 0 Å². The zero-order valence-corrected chi connectivity index (χ0v) is 14.9. The van der Waals surface area contributed by atoms with Gasteiger partial charge in [-0.3, -0.25) is 9.59 Å². The molecule has 0 aliphatic rings. The summed E-state index contributed by atoms with van der Waals surface area (Å²) in [6.07, 6.45) is 0.312. The summed E-state index contributed by atoms with van der Waals surface area (Å²) in [6, 6.07) is 20.6. The second-order valence-corrected chi connectivity index (χ2v) is 6.36. The lowest BCUT2D eigenvalue weighted by Crippen LogP contribution is -2.35. The van der Waals surface area contributed by atoms with Gasteiger partial charge in [-0.05, 0) is 40.6 Å². The van der Waals surface area contributed by atoms with Gasteiger partial charge in [0.05, 0.1) is 6.42 Å². The van der Waals surface area contributed by atoms with E-state index in [2.05, 4.69) is 10.6 Å². The minimum atomic E-state index is -0.190. The number of halogens is 1. The van der Waals surface area contributed by atoms with Crippen LogP contribution in [0.25, 0.3) is 10.8 Å². The molecule has 0 saturated heterocycles. The second kappa shape index (κ2) is 8.50. The Morgan fingerprint density at radius 3 is 2.31 bits per heavy atom. The van der Waals surface area contributed by atoms with Gasteiger partial charge < -0.3 is 10.6 Å². The lowest BCUT2D eigenvalue weighted by Gasteiger charge is -2.09. The molecule has 0 atom stereocenters. The first-order valence-electron chi connectivity index (χ1n) is 8.40. The Balaban J connectivity index is 1.47. The van der Waals surface area contributed by atoms with E-state index in [0.29, 0.717) is 30.1 Å². The van der Waals surface area contributed by atoms with Crippen LogP contribution in [0.5, 0.6) is 0 Å². The minimum absolute atomic E-state index is 0.0675. The van der Waals surface area contributed by atoms with Crippen LogP contribution in [0.4, 0.5) is 0 Å². The molecule has 0 aromatic heterocycles. The van der Waals surface area contributed by atoms with Crippen molar-refractivity contribution in [1.82, 2.24) is 10.6 Å². The zero-order chi connectivity index (χ0) is 18.4. The highest BCUT2D eigenvalue weighted by Gasteiger charge is 2.07. The zero-order valence-electron chi connectivity index (χ0n) is 14.2. The third-order valence-corrected chi connectivity index (χ3v) is 4.32. The standard InChI is InChI=1S/C21H19ClN2O2/c22-18-10-8-16(9-11-18)21(26)24-13-12-23-20(25)14-17-6-3-5-15-4-1-2-7-19(15)17/h1-11H,12-14H2,(H,23,25)(H,24,26). The van der Waals surface area contributed by atoms with E-state index >= 15 is 0 Å². The molecule has 0 fully saturated rings. The SMILES string of the molecule is O=C(Cc1cccc2ccccc12)NCCNC(=O)c1ccc(Cl)cc1. The molecule has 3 aromatic carbocycles. The Kier molecular flexibility index (Phi) is 5.87. The summed E-state index contributed by atoms with van der Waals surface area (Å²) >= 11 is 5.80. The van der Waals surface area contributed by atoms with Crippen LogP contribution < -0.4 is 10.6 Å². The second-order valence-electron chi connectivity index (χ2n) is 5.93. The van der Waals surface area contributed by atoms with E-state index < -0.39 is 0 Å². The van der Waals surface area contributed by atoms with Gasteiger partial charge in [0.2, 0.25) is 5.91 Å². The summed E-state index contributed by atoms with van der Waals surface area (Å²) in [5.41, 5.74) is 1.53. The number of benzene rings is 3. The number of rotatable bonds is 6.